The van der Waals surface area contributed by atoms with Crippen molar-refractivity contribution in [2.45, 2.75) is 19.4 Å². The van der Waals surface area contributed by atoms with E-state index in [0.717, 1.165) is 10.6 Å². The fraction of sp³-hybridized carbons (Fsp3) is 0.235. The maximum atomic E-state index is 12.8. The first-order valence-corrected chi connectivity index (χ1v) is 10.6. The van der Waals surface area contributed by atoms with E-state index >= 15 is 0 Å². The number of hydrogen-bond donors (Lipinski definition) is 1. The highest BCUT2D eigenvalue weighted by Gasteiger charge is 2.32. The highest BCUT2D eigenvalue weighted by Crippen LogP contribution is 2.28. The second-order valence-electron chi connectivity index (χ2n) is 5.58. The van der Waals surface area contributed by atoms with Crippen LogP contribution < -0.4 is 9.62 Å². The first-order chi connectivity index (χ1) is 12.1. The number of benzene rings is 2. The number of carbonyl (C=O) groups excluding carboxylic acids is 1. The Morgan fingerprint density at radius 1 is 1.12 bits per heavy atom. The highest BCUT2D eigenvalue weighted by atomic mass is 35.5. The Hall–Kier alpha value is -1.47. The molecule has 0 saturated carbocycles. The lowest BCUT2D eigenvalue weighted by Crippen LogP contribution is -2.47. The van der Waals surface area contributed by atoms with Crippen molar-refractivity contribution in [3.63, 3.8) is 0 Å². The van der Waals surface area contributed by atoms with Crippen LogP contribution in [0.15, 0.2) is 42.5 Å². The zero-order chi connectivity index (χ0) is 19.5. The van der Waals surface area contributed by atoms with E-state index < -0.39 is 22.0 Å². The van der Waals surface area contributed by atoms with Crippen molar-refractivity contribution in [2.75, 3.05) is 15.9 Å². The SMILES string of the molecule is CC[C@H](C(=O)Nc1cc(Cl)ccc1Cl)N(c1cccc(Cl)c1)S(C)(=O)=O. The molecule has 0 radical (unpaired) electrons. The average Bonchev–Trinajstić information content (AvgIpc) is 2.54. The van der Waals surface area contributed by atoms with E-state index in [1.165, 1.54) is 12.1 Å². The molecule has 1 atom stereocenters. The average molecular weight is 436 g/mol. The summed E-state index contributed by atoms with van der Waals surface area (Å²) >= 11 is 18.0. The van der Waals surface area contributed by atoms with Gasteiger partial charge in [0, 0.05) is 10.0 Å². The molecule has 140 valence electrons. The van der Waals surface area contributed by atoms with Gasteiger partial charge in [-0.2, -0.15) is 0 Å². The van der Waals surface area contributed by atoms with E-state index in [1.54, 1.807) is 37.3 Å². The molecular formula is C17H17Cl3N2O3S. The summed E-state index contributed by atoms with van der Waals surface area (Å²) in [5.74, 6) is -0.526. The topological polar surface area (TPSA) is 66.5 Å². The molecule has 2 aromatic carbocycles. The Balaban J connectivity index is 2.41. The number of carbonyl (C=O) groups is 1. The molecule has 0 bridgehead atoms. The van der Waals surface area contributed by atoms with Crippen molar-refractivity contribution >= 4 is 62.1 Å². The second kappa shape index (κ2) is 8.48. The number of halogens is 3. The van der Waals surface area contributed by atoms with Gasteiger partial charge in [-0.25, -0.2) is 8.42 Å². The van der Waals surface area contributed by atoms with Crippen LogP contribution in [-0.2, 0) is 14.8 Å². The summed E-state index contributed by atoms with van der Waals surface area (Å²) in [7, 11) is -3.75. The minimum absolute atomic E-state index is 0.240. The van der Waals surface area contributed by atoms with Gasteiger partial charge in [0.05, 0.1) is 22.7 Å². The van der Waals surface area contributed by atoms with Crippen LogP contribution >= 0.6 is 34.8 Å². The second-order valence-corrected chi connectivity index (χ2v) is 8.72. The Labute approximate surface area is 167 Å². The van der Waals surface area contributed by atoms with Crippen molar-refractivity contribution in [3.8, 4) is 0 Å². The van der Waals surface area contributed by atoms with Crippen molar-refractivity contribution in [1.82, 2.24) is 0 Å². The van der Waals surface area contributed by atoms with Crippen LogP contribution in [0.1, 0.15) is 13.3 Å². The monoisotopic (exact) mass is 434 g/mol. The van der Waals surface area contributed by atoms with Gasteiger partial charge in [0.2, 0.25) is 15.9 Å². The number of rotatable bonds is 6. The van der Waals surface area contributed by atoms with Crippen molar-refractivity contribution < 1.29 is 13.2 Å². The third kappa shape index (κ3) is 5.04. The molecule has 1 amide bonds. The van der Waals surface area contributed by atoms with E-state index in [1.807, 2.05) is 0 Å². The van der Waals surface area contributed by atoms with Crippen molar-refractivity contribution in [1.29, 1.82) is 0 Å². The molecule has 9 heteroatoms. The zero-order valence-corrected chi connectivity index (χ0v) is 17.1. The summed E-state index contributed by atoms with van der Waals surface area (Å²) in [6, 6.07) is 9.96. The van der Waals surface area contributed by atoms with Crippen LogP contribution in [0.2, 0.25) is 15.1 Å². The smallest absolute Gasteiger partial charge is 0.248 e. The number of hydrogen-bond acceptors (Lipinski definition) is 3. The van der Waals surface area contributed by atoms with Gasteiger partial charge in [-0.3, -0.25) is 9.10 Å². The predicted octanol–water partition coefficient (Wildman–Crippen LogP) is 4.83. The lowest BCUT2D eigenvalue weighted by molar-refractivity contribution is -0.117. The number of anilines is 2. The van der Waals surface area contributed by atoms with Crippen LogP contribution in [0.3, 0.4) is 0 Å². The maximum Gasteiger partial charge on any atom is 0.248 e. The standard InChI is InChI=1S/C17H17Cl3N2O3S/c1-3-16(17(23)21-15-10-12(19)7-8-14(15)20)22(26(2,24)25)13-6-4-5-11(18)9-13/h4-10,16H,3H2,1-2H3,(H,21,23)/t16-/m1/s1. The number of amides is 1. The van der Waals surface area contributed by atoms with Gasteiger partial charge in [0.15, 0.2) is 0 Å². The maximum absolute atomic E-state index is 12.8. The molecule has 2 aromatic rings. The van der Waals surface area contributed by atoms with E-state index in [9.17, 15) is 13.2 Å². The molecule has 0 spiro atoms. The largest absolute Gasteiger partial charge is 0.323 e. The summed E-state index contributed by atoms with van der Waals surface area (Å²) < 4.78 is 25.8. The third-order valence-corrected chi connectivity index (χ3v) is 5.56. The molecule has 0 aliphatic rings. The summed E-state index contributed by atoms with van der Waals surface area (Å²) in [5.41, 5.74) is 0.612. The molecule has 2 rings (SSSR count). The third-order valence-electron chi connectivity index (χ3n) is 3.58. The highest BCUT2D eigenvalue weighted by molar-refractivity contribution is 7.92. The Morgan fingerprint density at radius 3 is 2.35 bits per heavy atom. The van der Waals surface area contributed by atoms with Crippen LogP contribution in [0.25, 0.3) is 0 Å². The Kier molecular flexibility index (Phi) is 6.80. The van der Waals surface area contributed by atoms with Crippen LogP contribution in [0.4, 0.5) is 11.4 Å². The van der Waals surface area contributed by atoms with E-state index in [2.05, 4.69) is 5.32 Å². The van der Waals surface area contributed by atoms with Gasteiger partial charge in [-0.15, -0.1) is 0 Å². The summed E-state index contributed by atoms with van der Waals surface area (Å²) in [5, 5.41) is 3.70. The minimum Gasteiger partial charge on any atom is -0.323 e. The molecule has 0 unspecified atom stereocenters. The van der Waals surface area contributed by atoms with E-state index in [0.29, 0.717) is 26.4 Å². The van der Waals surface area contributed by atoms with Gasteiger partial charge in [0.1, 0.15) is 6.04 Å². The molecule has 0 fully saturated rings. The lowest BCUT2D eigenvalue weighted by Gasteiger charge is -2.30. The number of sulfonamides is 1. The predicted molar refractivity (Wildman–Crippen MR) is 108 cm³/mol. The molecule has 0 heterocycles. The van der Waals surface area contributed by atoms with E-state index in [4.69, 9.17) is 34.8 Å². The molecule has 5 nitrogen and oxygen atoms in total. The fourth-order valence-electron chi connectivity index (χ4n) is 2.48. The normalized spacial score (nSPS) is 12.5. The van der Waals surface area contributed by atoms with Gasteiger partial charge in [-0.1, -0.05) is 47.8 Å². The van der Waals surface area contributed by atoms with Crippen LogP contribution in [0.5, 0.6) is 0 Å². The summed E-state index contributed by atoms with van der Waals surface area (Å²) in [4.78, 5) is 12.8. The number of nitrogens with zero attached hydrogens (tertiary/aromatic N) is 1. The Morgan fingerprint density at radius 2 is 1.77 bits per heavy atom. The minimum atomic E-state index is -3.75. The molecule has 0 aliphatic carbocycles. The fourth-order valence-corrected chi connectivity index (χ4v) is 4.21. The number of nitrogens with one attached hydrogen (secondary N) is 1. The molecule has 0 aliphatic heterocycles. The van der Waals surface area contributed by atoms with Gasteiger partial charge in [0.25, 0.3) is 0 Å². The molecule has 26 heavy (non-hydrogen) atoms. The first kappa shape index (κ1) is 20.8. The first-order valence-electron chi connectivity index (χ1n) is 7.64. The van der Waals surface area contributed by atoms with Crippen molar-refractivity contribution in [3.05, 3.63) is 57.5 Å². The molecule has 0 saturated heterocycles. The quantitative estimate of drug-likeness (QED) is 0.706. The lowest BCUT2D eigenvalue weighted by atomic mass is 10.2. The van der Waals surface area contributed by atoms with Crippen molar-refractivity contribution in [2.24, 2.45) is 0 Å². The van der Waals surface area contributed by atoms with Crippen LogP contribution in [-0.4, -0.2) is 26.6 Å². The zero-order valence-electron chi connectivity index (χ0n) is 14.0. The van der Waals surface area contributed by atoms with E-state index in [-0.39, 0.29) is 6.42 Å². The molecule has 0 aromatic heterocycles. The van der Waals surface area contributed by atoms with Gasteiger partial charge in [-0.05, 0) is 42.8 Å². The van der Waals surface area contributed by atoms with Gasteiger partial charge < -0.3 is 5.32 Å². The molecule has 1 N–H and O–H groups in total. The van der Waals surface area contributed by atoms with Crippen LogP contribution in [0, 0.1) is 0 Å². The van der Waals surface area contributed by atoms with Gasteiger partial charge >= 0.3 is 0 Å². The molecular weight excluding hydrogens is 419 g/mol. The summed E-state index contributed by atoms with van der Waals surface area (Å²) in [6.07, 6.45) is 1.28. The Bertz CT molecular complexity index is 919. The summed E-state index contributed by atoms with van der Waals surface area (Å²) in [6.45, 7) is 1.71.